The number of hydrogen-bond acceptors (Lipinski definition) is 6. The van der Waals surface area contributed by atoms with Crippen molar-refractivity contribution in [3.63, 3.8) is 0 Å². The van der Waals surface area contributed by atoms with Gasteiger partial charge in [-0.2, -0.15) is 0 Å². The average Bonchev–Trinajstić information content (AvgIpc) is 3.49. The van der Waals surface area contributed by atoms with E-state index in [9.17, 15) is 22.8 Å². The van der Waals surface area contributed by atoms with Crippen molar-refractivity contribution in [2.24, 2.45) is 7.05 Å². The van der Waals surface area contributed by atoms with E-state index in [2.05, 4.69) is 0 Å². The van der Waals surface area contributed by atoms with Crippen LogP contribution in [0.2, 0.25) is 5.02 Å². The van der Waals surface area contributed by atoms with Gasteiger partial charge in [-0.25, -0.2) is 17.9 Å². The molecule has 0 radical (unpaired) electrons. The van der Waals surface area contributed by atoms with E-state index < -0.39 is 34.1 Å². The van der Waals surface area contributed by atoms with Crippen LogP contribution in [0, 0.1) is 6.92 Å². The molecule has 0 atom stereocenters. The number of sulfonamides is 1. The zero-order chi connectivity index (χ0) is 29.5. The van der Waals surface area contributed by atoms with E-state index >= 15 is 0 Å². The predicted octanol–water partition coefficient (Wildman–Crippen LogP) is 3.71. The molecule has 1 aliphatic heterocycles. The minimum atomic E-state index is -4.31. The highest BCUT2D eigenvalue weighted by molar-refractivity contribution is 7.92. The van der Waals surface area contributed by atoms with E-state index in [1.165, 1.54) is 23.9 Å². The molecule has 212 valence electrons. The molecule has 0 saturated heterocycles. The minimum Gasteiger partial charge on any atom is -0.452 e. The third-order valence-electron chi connectivity index (χ3n) is 7.17. The summed E-state index contributed by atoms with van der Waals surface area (Å²) in [7, 11) is -1.38. The lowest BCUT2D eigenvalue weighted by Gasteiger charge is -2.19. The van der Waals surface area contributed by atoms with Crippen LogP contribution in [0.4, 0.5) is 11.4 Å². The number of fused-ring (bicyclic) bond motifs is 1. The maximum atomic E-state index is 13.6. The Morgan fingerprint density at radius 3 is 2.44 bits per heavy atom. The molecule has 10 nitrogen and oxygen atoms in total. The Balaban J connectivity index is 1.39. The van der Waals surface area contributed by atoms with Crippen molar-refractivity contribution in [2.75, 3.05) is 29.4 Å². The fraction of sp³-hybridized carbons (Fsp3) is 0.207. The number of ether oxygens (including phenoxy) is 1. The quantitative estimate of drug-likeness (QED) is 0.302. The second kappa shape index (κ2) is 10.9. The summed E-state index contributed by atoms with van der Waals surface area (Å²) in [5, 5.41) is -0.0436. The molecular weight excluding hydrogens is 568 g/mol. The molecule has 0 aliphatic carbocycles. The highest BCUT2D eigenvalue weighted by Gasteiger charge is 2.30. The normalized spacial score (nSPS) is 12.7. The Morgan fingerprint density at radius 1 is 1.02 bits per heavy atom. The van der Waals surface area contributed by atoms with Gasteiger partial charge in [0.05, 0.1) is 26.9 Å². The Morgan fingerprint density at radius 2 is 1.71 bits per heavy atom. The first-order chi connectivity index (χ1) is 19.5. The standard InChI is InChI=1S/C29H27ClN4O6S/c1-19-27(28(36)34(31(19)2)21-10-5-4-6-11-21)32(3)41(38,39)22-13-14-24(30)23(17-22)29(37)40-18-26(35)33-16-15-20-9-7-8-12-25(20)33/h4-14,17H,15-16,18H2,1-3H3. The first-order valence-corrected chi connectivity index (χ1v) is 14.5. The zero-order valence-electron chi connectivity index (χ0n) is 22.6. The number of esters is 1. The lowest BCUT2D eigenvalue weighted by atomic mass is 10.2. The maximum Gasteiger partial charge on any atom is 0.340 e. The van der Waals surface area contributed by atoms with Crippen molar-refractivity contribution < 1.29 is 22.7 Å². The van der Waals surface area contributed by atoms with Gasteiger partial charge in [0.1, 0.15) is 5.69 Å². The van der Waals surface area contributed by atoms with Gasteiger partial charge in [-0.05, 0) is 55.3 Å². The second-order valence-electron chi connectivity index (χ2n) is 9.52. The van der Waals surface area contributed by atoms with Crippen LogP contribution < -0.4 is 14.8 Å². The average molecular weight is 595 g/mol. The van der Waals surface area contributed by atoms with Crippen LogP contribution in [0.3, 0.4) is 0 Å². The summed E-state index contributed by atoms with van der Waals surface area (Å²) in [6, 6.07) is 19.9. The van der Waals surface area contributed by atoms with Crippen LogP contribution in [0.5, 0.6) is 0 Å². The fourth-order valence-electron chi connectivity index (χ4n) is 4.90. The van der Waals surface area contributed by atoms with Gasteiger partial charge < -0.3 is 9.64 Å². The number of anilines is 2. The molecule has 12 heteroatoms. The van der Waals surface area contributed by atoms with Crippen LogP contribution in [-0.4, -0.2) is 49.9 Å². The predicted molar refractivity (Wildman–Crippen MR) is 156 cm³/mol. The van der Waals surface area contributed by atoms with Gasteiger partial charge in [0.2, 0.25) is 0 Å². The number of aromatic nitrogens is 2. The van der Waals surface area contributed by atoms with Crippen molar-refractivity contribution in [1.29, 1.82) is 0 Å². The number of carbonyl (C=O) groups is 2. The fourth-order valence-corrected chi connectivity index (χ4v) is 6.36. The Bertz CT molecular complexity index is 1830. The summed E-state index contributed by atoms with van der Waals surface area (Å²) in [6.07, 6.45) is 0.701. The monoisotopic (exact) mass is 594 g/mol. The molecule has 4 aromatic rings. The molecule has 0 N–H and O–H groups in total. The van der Waals surface area contributed by atoms with Gasteiger partial charge in [-0.1, -0.05) is 48.0 Å². The number of benzene rings is 3. The molecule has 0 unspecified atom stereocenters. The van der Waals surface area contributed by atoms with Crippen molar-refractivity contribution >= 4 is 44.9 Å². The molecule has 1 amide bonds. The van der Waals surface area contributed by atoms with E-state index in [1.54, 1.807) is 47.8 Å². The number of hydrogen-bond donors (Lipinski definition) is 0. The number of nitrogens with zero attached hydrogens (tertiary/aromatic N) is 4. The largest absolute Gasteiger partial charge is 0.452 e. The van der Waals surface area contributed by atoms with Crippen molar-refractivity contribution in [2.45, 2.75) is 18.2 Å². The molecule has 2 heterocycles. The topological polar surface area (TPSA) is 111 Å². The van der Waals surface area contributed by atoms with Gasteiger partial charge in [0, 0.05) is 26.3 Å². The summed E-state index contributed by atoms with van der Waals surface area (Å²) in [6.45, 7) is 1.58. The summed E-state index contributed by atoms with van der Waals surface area (Å²) < 4.78 is 36.4. The van der Waals surface area contributed by atoms with Crippen LogP contribution >= 0.6 is 11.6 Å². The lowest BCUT2D eigenvalue weighted by Crippen LogP contribution is -2.33. The first kappa shape index (κ1) is 28.2. The molecule has 5 rings (SSSR count). The van der Waals surface area contributed by atoms with Gasteiger partial charge >= 0.3 is 5.97 Å². The highest BCUT2D eigenvalue weighted by Crippen LogP contribution is 2.29. The van der Waals surface area contributed by atoms with Crippen LogP contribution in [-0.2, 0) is 33.0 Å². The van der Waals surface area contributed by atoms with E-state index in [-0.39, 0.29) is 21.2 Å². The van der Waals surface area contributed by atoms with Gasteiger partial charge in [-0.3, -0.25) is 18.6 Å². The highest BCUT2D eigenvalue weighted by atomic mass is 35.5. The summed E-state index contributed by atoms with van der Waals surface area (Å²) >= 11 is 6.23. The smallest absolute Gasteiger partial charge is 0.340 e. The van der Waals surface area contributed by atoms with E-state index in [0.29, 0.717) is 24.3 Å². The Hall–Kier alpha value is -4.35. The summed E-state index contributed by atoms with van der Waals surface area (Å²) in [5.41, 5.74) is 1.99. The molecule has 3 aromatic carbocycles. The lowest BCUT2D eigenvalue weighted by molar-refractivity contribution is -0.121. The number of para-hydroxylation sites is 2. The van der Waals surface area contributed by atoms with Crippen molar-refractivity contribution in [3.8, 4) is 5.69 Å². The molecule has 0 bridgehead atoms. The number of halogens is 1. The van der Waals surface area contributed by atoms with E-state index in [1.807, 2.05) is 30.3 Å². The van der Waals surface area contributed by atoms with Gasteiger partial charge in [0.15, 0.2) is 6.61 Å². The molecule has 0 spiro atoms. The number of carbonyl (C=O) groups excluding carboxylic acids is 2. The molecule has 0 saturated carbocycles. The second-order valence-corrected chi connectivity index (χ2v) is 11.9. The zero-order valence-corrected chi connectivity index (χ0v) is 24.1. The third kappa shape index (κ3) is 5.02. The molecule has 1 aliphatic rings. The molecule has 0 fully saturated rings. The van der Waals surface area contributed by atoms with Crippen molar-refractivity contribution in [3.05, 3.63) is 105 Å². The maximum absolute atomic E-state index is 13.6. The molecular formula is C29H27ClN4O6S. The molecule has 41 heavy (non-hydrogen) atoms. The Kier molecular flexibility index (Phi) is 7.50. The van der Waals surface area contributed by atoms with E-state index in [0.717, 1.165) is 21.6 Å². The van der Waals surface area contributed by atoms with Crippen molar-refractivity contribution in [1.82, 2.24) is 9.36 Å². The SMILES string of the molecule is Cc1c(N(C)S(=O)(=O)c2ccc(Cl)c(C(=O)OCC(=O)N3CCc4ccccc43)c2)c(=O)n(-c2ccccc2)n1C. The number of amides is 1. The van der Waals surface area contributed by atoms with Crippen LogP contribution in [0.15, 0.2) is 82.5 Å². The minimum absolute atomic E-state index is 0.0436. The Labute approximate surface area is 242 Å². The number of rotatable bonds is 7. The molecule has 1 aromatic heterocycles. The summed E-state index contributed by atoms with van der Waals surface area (Å²) in [5.74, 6) is -1.35. The van der Waals surface area contributed by atoms with E-state index in [4.69, 9.17) is 16.3 Å². The third-order valence-corrected chi connectivity index (χ3v) is 9.25. The van der Waals surface area contributed by atoms with Crippen LogP contribution in [0.1, 0.15) is 21.6 Å². The van der Waals surface area contributed by atoms with Gasteiger partial charge in [0.25, 0.3) is 21.5 Å². The summed E-state index contributed by atoms with van der Waals surface area (Å²) in [4.78, 5) is 40.4. The van der Waals surface area contributed by atoms with Crippen LogP contribution in [0.25, 0.3) is 5.69 Å². The first-order valence-electron chi connectivity index (χ1n) is 12.7. The van der Waals surface area contributed by atoms with Gasteiger partial charge in [-0.15, -0.1) is 0 Å².